The third kappa shape index (κ3) is 8.69. The molecule has 17 heteroatoms. The SMILES string of the molecule is CCCCCCCCNC(=O)c1ccc[n+](CC2=C(C(=O)O)N3C(=O)[C@@H](NC(=O)/C(=N\OC(C)(C)C(=O)O)c4csc(N)n4)[C@H]3SC2)c1. The molecule has 15 nitrogen and oxygen atoms in total. The first kappa shape index (κ1) is 36.3. The van der Waals surface area contributed by atoms with Crippen LogP contribution in [0.15, 0.2) is 46.3 Å². The number of anilines is 1. The predicted octanol–water partition coefficient (Wildman–Crippen LogP) is 2.13. The quantitative estimate of drug-likeness (QED) is 0.0529. The van der Waals surface area contributed by atoms with Crippen molar-refractivity contribution in [3.63, 3.8) is 0 Å². The van der Waals surface area contributed by atoms with Gasteiger partial charge in [0.1, 0.15) is 28.4 Å². The summed E-state index contributed by atoms with van der Waals surface area (Å²) in [7, 11) is 0. The van der Waals surface area contributed by atoms with Crippen molar-refractivity contribution in [1.82, 2.24) is 20.5 Å². The second kappa shape index (κ2) is 16.1. The average molecular weight is 703 g/mol. The molecule has 1 fully saturated rings. The van der Waals surface area contributed by atoms with Crippen LogP contribution in [0.5, 0.6) is 0 Å². The highest BCUT2D eigenvalue weighted by Crippen LogP contribution is 2.40. The fourth-order valence-corrected chi connectivity index (χ4v) is 6.88. The molecule has 258 valence electrons. The summed E-state index contributed by atoms with van der Waals surface area (Å²) in [6, 6.07) is 2.29. The maximum Gasteiger partial charge on any atom is 0.352 e. The standard InChI is InChI=1S/C31H39N7O8S2/c1-4-5-6-7-8-9-12-33-24(39)18-11-10-13-37(14-18)15-19-16-47-27-22(26(41)38(27)23(19)28(42)43)35-25(40)21(20-17-48-30(32)34-20)36-46-31(2,3)29(44)45/h10-11,13-14,17,22,27H,4-9,12,15-16H2,1-3H3,(H5-,32,33,34,35,39,40,42,43,44,45)/p+1/b36-21-/t22-,27-/m1/s1. The van der Waals surface area contributed by atoms with Crippen LogP contribution in [-0.2, 0) is 30.6 Å². The van der Waals surface area contributed by atoms with Gasteiger partial charge in [0.25, 0.3) is 17.7 Å². The summed E-state index contributed by atoms with van der Waals surface area (Å²) in [5, 5.41) is 29.6. The number of unbranched alkanes of at least 4 members (excludes halogenated alkanes) is 5. The first-order valence-corrected chi connectivity index (χ1v) is 17.5. The Morgan fingerprint density at radius 1 is 1.19 bits per heavy atom. The minimum absolute atomic E-state index is 0.0138. The molecule has 2 aromatic rings. The number of rotatable bonds is 17. The molecule has 2 aliphatic heterocycles. The minimum atomic E-state index is -1.78. The van der Waals surface area contributed by atoms with Crippen molar-refractivity contribution < 1.29 is 43.6 Å². The average Bonchev–Trinajstić information content (AvgIpc) is 3.48. The van der Waals surface area contributed by atoms with Gasteiger partial charge >= 0.3 is 11.9 Å². The van der Waals surface area contributed by atoms with Crippen molar-refractivity contribution in [3.8, 4) is 0 Å². The van der Waals surface area contributed by atoms with Gasteiger partial charge in [-0.1, -0.05) is 44.2 Å². The van der Waals surface area contributed by atoms with Gasteiger partial charge in [-0.05, 0) is 26.3 Å². The summed E-state index contributed by atoms with van der Waals surface area (Å²) in [5.41, 5.74) is 4.25. The Labute approximate surface area is 285 Å². The number of hydrogen-bond acceptors (Lipinski definition) is 11. The predicted molar refractivity (Wildman–Crippen MR) is 178 cm³/mol. The molecule has 0 aliphatic carbocycles. The van der Waals surface area contributed by atoms with E-state index in [2.05, 4.69) is 27.7 Å². The third-order valence-electron chi connectivity index (χ3n) is 7.71. The van der Waals surface area contributed by atoms with Gasteiger partial charge in [0.15, 0.2) is 29.8 Å². The molecule has 48 heavy (non-hydrogen) atoms. The van der Waals surface area contributed by atoms with Gasteiger partial charge in [-0.2, -0.15) is 0 Å². The number of aliphatic carboxylic acids is 2. The molecule has 2 atom stereocenters. The molecular formula is C31H40N7O8S2+. The van der Waals surface area contributed by atoms with Crippen LogP contribution in [0.3, 0.4) is 0 Å². The lowest BCUT2D eigenvalue weighted by molar-refractivity contribution is -0.689. The van der Waals surface area contributed by atoms with Crippen LogP contribution in [0.2, 0.25) is 0 Å². The van der Waals surface area contributed by atoms with Gasteiger partial charge in [0.2, 0.25) is 5.60 Å². The number of carbonyl (C=O) groups is 5. The smallest absolute Gasteiger partial charge is 0.352 e. The van der Waals surface area contributed by atoms with Crippen molar-refractivity contribution in [1.29, 1.82) is 0 Å². The molecule has 2 aromatic heterocycles. The zero-order valence-corrected chi connectivity index (χ0v) is 28.6. The lowest BCUT2D eigenvalue weighted by Crippen LogP contribution is -2.71. The second-order valence-electron chi connectivity index (χ2n) is 11.8. The molecule has 0 saturated carbocycles. The van der Waals surface area contributed by atoms with Crippen molar-refractivity contribution in [2.75, 3.05) is 18.0 Å². The van der Waals surface area contributed by atoms with E-state index in [1.165, 1.54) is 50.3 Å². The highest BCUT2D eigenvalue weighted by molar-refractivity contribution is 8.00. The van der Waals surface area contributed by atoms with E-state index in [1.54, 1.807) is 29.1 Å². The van der Waals surface area contributed by atoms with Crippen LogP contribution >= 0.6 is 23.1 Å². The summed E-state index contributed by atoms with van der Waals surface area (Å²) >= 11 is 2.29. The van der Waals surface area contributed by atoms with Gasteiger partial charge in [0.05, 0.1) is 0 Å². The van der Waals surface area contributed by atoms with E-state index in [4.69, 9.17) is 10.6 Å². The van der Waals surface area contributed by atoms with Crippen molar-refractivity contribution >= 4 is 63.6 Å². The molecule has 4 rings (SSSR count). The fourth-order valence-electron chi connectivity index (χ4n) is 5.00. The summed E-state index contributed by atoms with van der Waals surface area (Å²) < 4.78 is 1.70. The summed E-state index contributed by atoms with van der Waals surface area (Å²) in [6.07, 6.45) is 10.0. The third-order valence-corrected chi connectivity index (χ3v) is 9.72. The second-order valence-corrected chi connectivity index (χ2v) is 13.8. The van der Waals surface area contributed by atoms with Crippen molar-refractivity contribution in [2.45, 2.75) is 82.9 Å². The van der Waals surface area contributed by atoms with Crippen LogP contribution < -0.4 is 20.9 Å². The summed E-state index contributed by atoms with van der Waals surface area (Å²) in [6.45, 7) is 5.35. The minimum Gasteiger partial charge on any atom is -0.478 e. The molecule has 0 aromatic carbocycles. The van der Waals surface area contributed by atoms with Crippen molar-refractivity contribution in [2.24, 2.45) is 5.16 Å². The largest absolute Gasteiger partial charge is 0.478 e. The Balaban J connectivity index is 1.44. The van der Waals surface area contributed by atoms with E-state index in [9.17, 15) is 34.2 Å². The lowest BCUT2D eigenvalue weighted by Gasteiger charge is -2.49. The fraction of sp³-hybridized carbons (Fsp3) is 0.484. The van der Waals surface area contributed by atoms with Crippen LogP contribution in [-0.4, -0.2) is 84.8 Å². The molecular weight excluding hydrogens is 663 g/mol. The number of fused-ring (bicyclic) bond motifs is 1. The van der Waals surface area contributed by atoms with Gasteiger partial charge in [-0.3, -0.25) is 19.3 Å². The molecule has 0 bridgehead atoms. The number of nitrogen functional groups attached to an aromatic ring is 1. The number of thiazole rings is 1. The zero-order valence-electron chi connectivity index (χ0n) is 26.9. The molecule has 0 spiro atoms. The normalized spacial score (nSPS) is 17.8. The molecule has 6 N–H and O–H groups in total. The first-order valence-electron chi connectivity index (χ1n) is 15.5. The van der Waals surface area contributed by atoms with Gasteiger partial charge in [-0.25, -0.2) is 19.1 Å². The van der Waals surface area contributed by atoms with E-state index in [1.807, 2.05) is 0 Å². The number of thioether (sulfide) groups is 1. The van der Waals surface area contributed by atoms with E-state index >= 15 is 0 Å². The lowest BCUT2D eigenvalue weighted by atomic mass is 10.0. The number of carboxylic acid groups (broad SMARTS) is 2. The Morgan fingerprint density at radius 3 is 2.58 bits per heavy atom. The Kier molecular flexibility index (Phi) is 12.2. The number of β-lactam (4-membered cyclic amide) rings is 1. The molecule has 4 heterocycles. The molecule has 3 amide bonds. The van der Waals surface area contributed by atoms with Gasteiger partial charge < -0.3 is 31.4 Å². The van der Waals surface area contributed by atoms with Crippen LogP contribution in [0, 0.1) is 0 Å². The molecule has 2 aliphatic rings. The summed E-state index contributed by atoms with van der Waals surface area (Å²) in [5.74, 6) is -4.14. The Hall–Kier alpha value is -4.51. The Morgan fingerprint density at radius 2 is 1.92 bits per heavy atom. The monoisotopic (exact) mass is 702 g/mol. The van der Waals surface area contributed by atoms with E-state index in [0.717, 1.165) is 35.5 Å². The first-order chi connectivity index (χ1) is 22.8. The van der Waals surface area contributed by atoms with E-state index in [-0.39, 0.29) is 34.7 Å². The van der Waals surface area contributed by atoms with E-state index in [0.29, 0.717) is 17.7 Å². The maximum absolute atomic E-state index is 13.3. The molecule has 0 radical (unpaired) electrons. The van der Waals surface area contributed by atoms with Crippen LogP contribution in [0.25, 0.3) is 0 Å². The number of nitrogens with one attached hydrogen (secondary N) is 2. The number of hydrogen-bond donors (Lipinski definition) is 5. The number of pyridine rings is 1. The maximum atomic E-state index is 13.3. The van der Waals surface area contributed by atoms with Crippen LogP contribution in [0.1, 0.15) is 75.3 Å². The number of nitrogens with two attached hydrogens (primary N) is 1. The van der Waals surface area contributed by atoms with Crippen molar-refractivity contribution in [3.05, 3.63) is 52.4 Å². The van der Waals surface area contributed by atoms with Gasteiger partial charge in [-0.15, -0.1) is 23.1 Å². The van der Waals surface area contributed by atoms with Crippen LogP contribution in [0.4, 0.5) is 5.13 Å². The summed E-state index contributed by atoms with van der Waals surface area (Å²) in [4.78, 5) is 73.6. The van der Waals surface area contributed by atoms with Gasteiger partial charge in [0, 0.05) is 29.3 Å². The molecule has 1 saturated heterocycles. The highest BCUT2D eigenvalue weighted by atomic mass is 32.2. The highest BCUT2D eigenvalue weighted by Gasteiger charge is 2.55. The number of nitrogens with zero attached hydrogens (tertiary/aromatic N) is 4. The number of carbonyl (C=O) groups excluding carboxylic acids is 3. The number of amides is 3. The van der Waals surface area contributed by atoms with E-state index < -0.39 is 46.5 Å². The Bertz CT molecular complexity index is 1620. The number of oxime groups is 1. The molecule has 0 unspecified atom stereocenters. The zero-order chi connectivity index (χ0) is 35.0. The number of carboxylic acids is 2. The number of aromatic nitrogens is 2. The topological polar surface area (TPSA) is 217 Å².